The Balaban J connectivity index is 1.62. The van der Waals surface area contributed by atoms with E-state index in [0.717, 1.165) is 5.56 Å². The number of nitrogens with zero attached hydrogens (tertiary/aromatic N) is 5. The molecule has 3 heterocycles. The summed E-state index contributed by atoms with van der Waals surface area (Å²) in [6, 6.07) is 11.0. The van der Waals surface area contributed by atoms with Crippen LogP contribution in [0.3, 0.4) is 0 Å². The van der Waals surface area contributed by atoms with E-state index >= 15 is 0 Å². The van der Waals surface area contributed by atoms with Crippen LogP contribution in [0.4, 0.5) is 5.69 Å². The van der Waals surface area contributed by atoms with Gasteiger partial charge < -0.3 is 14.4 Å². The standard InChI is InChI=1S/C18H16N6O2/c1-12-20-17(26-22-12)13-6-5-7-14(10-13)21-16(25)15-11-19-23(2)18(15)24-8-3-4-9-24/h3-11H,1-2H3,(H,21,25). The van der Waals surface area contributed by atoms with Crippen molar-refractivity contribution in [3.63, 3.8) is 0 Å². The van der Waals surface area contributed by atoms with Crippen molar-refractivity contribution in [2.45, 2.75) is 6.92 Å². The van der Waals surface area contributed by atoms with Gasteiger partial charge in [-0.05, 0) is 37.3 Å². The van der Waals surface area contributed by atoms with E-state index in [2.05, 4.69) is 20.6 Å². The van der Waals surface area contributed by atoms with Gasteiger partial charge >= 0.3 is 0 Å². The largest absolute Gasteiger partial charge is 0.334 e. The Morgan fingerprint density at radius 3 is 2.73 bits per heavy atom. The third kappa shape index (κ3) is 2.88. The van der Waals surface area contributed by atoms with Gasteiger partial charge in [-0.2, -0.15) is 10.1 Å². The minimum absolute atomic E-state index is 0.249. The molecule has 0 spiro atoms. The number of nitrogens with one attached hydrogen (secondary N) is 1. The van der Waals surface area contributed by atoms with Crippen LogP contribution < -0.4 is 5.32 Å². The highest BCUT2D eigenvalue weighted by atomic mass is 16.5. The van der Waals surface area contributed by atoms with Gasteiger partial charge in [-0.3, -0.25) is 9.48 Å². The van der Waals surface area contributed by atoms with Crippen LogP contribution >= 0.6 is 0 Å². The van der Waals surface area contributed by atoms with Crippen LogP contribution in [0.15, 0.2) is 59.5 Å². The molecule has 0 saturated heterocycles. The third-order valence-corrected chi connectivity index (χ3v) is 3.90. The van der Waals surface area contributed by atoms with Crippen LogP contribution in [0, 0.1) is 6.92 Å². The topological polar surface area (TPSA) is 90.8 Å². The first-order valence-corrected chi connectivity index (χ1v) is 7.99. The predicted octanol–water partition coefficient (Wildman–Crippen LogP) is 2.82. The van der Waals surface area contributed by atoms with E-state index in [0.29, 0.717) is 28.8 Å². The van der Waals surface area contributed by atoms with E-state index in [-0.39, 0.29) is 5.91 Å². The number of hydrogen-bond acceptors (Lipinski definition) is 5. The summed E-state index contributed by atoms with van der Waals surface area (Å²) in [6.45, 7) is 1.75. The van der Waals surface area contributed by atoms with Crippen LogP contribution in [0.25, 0.3) is 17.3 Å². The molecule has 1 amide bonds. The van der Waals surface area contributed by atoms with Crippen LogP contribution in [-0.4, -0.2) is 30.4 Å². The van der Waals surface area contributed by atoms with Gasteiger partial charge in [0.25, 0.3) is 11.8 Å². The molecule has 0 fully saturated rings. The number of hydrogen-bond donors (Lipinski definition) is 1. The van der Waals surface area contributed by atoms with Crippen molar-refractivity contribution in [1.29, 1.82) is 0 Å². The van der Waals surface area contributed by atoms with Crippen molar-refractivity contribution in [3.05, 3.63) is 66.4 Å². The number of anilines is 1. The molecule has 130 valence electrons. The highest BCUT2D eigenvalue weighted by molar-refractivity contribution is 6.06. The molecule has 1 aromatic carbocycles. The van der Waals surface area contributed by atoms with Crippen LogP contribution in [0.2, 0.25) is 0 Å². The molecule has 0 aliphatic heterocycles. The lowest BCUT2D eigenvalue weighted by molar-refractivity contribution is 0.102. The average Bonchev–Trinajstić information content (AvgIpc) is 3.35. The summed E-state index contributed by atoms with van der Waals surface area (Å²) in [6.07, 6.45) is 5.29. The minimum Gasteiger partial charge on any atom is -0.334 e. The molecule has 1 N–H and O–H groups in total. The van der Waals surface area contributed by atoms with Crippen molar-refractivity contribution >= 4 is 11.6 Å². The van der Waals surface area contributed by atoms with E-state index < -0.39 is 0 Å². The lowest BCUT2D eigenvalue weighted by Gasteiger charge is -2.09. The Bertz CT molecular complexity index is 1060. The molecular formula is C18H16N6O2. The zero-order chi connectivity index (χ0) is 18.1. The maximum atomic E-state index is 12.8. The Kier molecular flexibility index (Phi) is 3.85. The van der Waals surface area contributed by atoms with Gasteiger partial charge in [0.1, 0.15) is 11.4 Å². The van der Waals surface area contributed by atoms with Crippen LogP contribution in [0.1, 0.15) is 16.2 Å². The zero-order valence-corrected chi connectivity index (χ0v) is 14.2. The summed E-state index contributed by atoms with van der Waals surface area (Å²) in [5.74, 6) is 1.41. The van der Waals surface area contributed by atoms with Crippen molar-refractivity contribution in [2.24, 2.45) is 7.05 Å². The summed E-state index contributed by atoms with van der Waals surface area (Å²) in [7, 11) is 1.80. The fourth-order valence-electron chi connectivity index (χ4n) is 2.72. The number of aryl methyl sites for hydroxylation is 2. The molecule has 8 heteroatoms. The molecule has 0 aliphatic rings. The summed E-state index contributed by atoms with van der Waals surface area (Å²) < 4.78 is 8.68. The summed E-state index contributed by atoms with van der Waals surface area (Å²) in [5, 5.41) is 10.9. The quantitative estimate of drug-likeness (QED) is 0.612. The first-order chi connectivity index (χ1) is 12.6. The molecule has 0 unspecified atom stereocenters. The van der Waals surface area contributed by atoms with Gasteiger partial charge in [-0.25, -0.2) is 0 Å². The summed E-state index contributed by atoms with van der Waals surface area (Å²) in [5.41, 5.74) is 1.84. The van der Waals surface area contributed by atoms with E-state index in [1.807, 2.05) is 41.2 Å². The fourth-order valence-corrected chi connectivity index (χ4v) is 2.72. The average molecular weight is 348 g/mol. The Morgan fingerprint density at radius 2 is 2.00 bits per heavy atom. The zero-order valence-electron chi connectivity index (χ0n) is 14.2. The normalized spacial score (nSPS) is 10.8. The molecule has 8 nitrogen and oxygen atoms in total. The molecule has 0 atom stereocenters. The summed E-state index contributed by atoms with van der Waals surface area (Å²) in [4.78, 5) is 17.0. The molecular weight excluding hydrogens is 332 g/mol. The van der Waals surface area contributed by atoms with Gasteiger partial charge in [0.05, 0.1) is 6.20 Å². The first kappa shape index (κ1) is 15.8. The minimum atomic E-state index is -0.249. The van der Waals surface area contributed by atoms with Crippen molar-refractivity contribution in [1.82, 2.24) is 24.5 Å². The molecule has 0 aliphatic carbocycles. The molecule has 0 radical (unpaired) electrons. The van der Waals surface area contributed by atoms with E-state index in [4.69, 9.17) is 4.52 Å². The van der Waals surface area contributed by atoms with E-state index in [1.54, 1.807) is 37.0 Å². The second-order valence-electron chi connectivity index (χ2n) is 5.78. The molecule has 0 bridgehead atoms. The Hall–Kier alpha value is -3.68. The molecule has 3 aromatic heterocycles. The lowest BCUT2D eigenvalue weighted by atomic mass is 10.2. The van der Waals surface area contributed by atoms with E-state index in [1.165, 1.54) is 0 Å². The SMILES string of the molecule is Cc1noc(-c2cccc(NC(=O)c3cnn(C)c3-n3cccc3)c2)n1. The highest BCUT2D eigenvalue weighted by Crippen LogP contribution is 2.22. The van der Waals surface area contributed by atoms with Gasteiger partial charge in [0, 0.05) is 30.7 Å². The van der Waals surface area contributed by atoms with Gasteiger partial charge in [0.2, 0.25) is 0 Å². The lowest BCUT2D eigenvalue weighted by Crippen LogP contribution is -2.15. The number of aromatic nitrogens is 5. The van der Waals surface area contributed by atoms with Crippen LogP contribution in [-0.2, 0) is 7.05 Å². The first-order valence-electron chi connectivity index (χ1n) is 7.99. The number of benzene rings is 1. The molecule has 0 saturated carbocycles. The Labute approximate surface area is 149 Å². The van der Waals surface area contributed by atoms with Crippen molar-refractivity contribution in [2.75, 3.05) is 5.32 Å². The number of amides is 1. The van der Waals surface area contributed by atoms with Gasteiger partial charge in [0.15, 0.2) is 5.82 Å². The smallest absolute Gasteiger partial charge is 0.261 e. The monoisotopic (exact) mass is 348 g/mol. The highest BCUT2D eigenvalue weighted by Gasteiger charge is 2.18. The third-order valence-electron chi connectivity index (χ3n) is 3.90. The molecule has 26 heavy (non-hydrogen) atoms. The second kappa shape index (κ2) is 6.32. The van der Waals surface area contributed by atoms with Crippen LogP contribution in [0.5, 0.6) is 0 Å². The number of rotatable bonds is 4. The summed E-state index contributed by atoms with van der Waals surface area (Å²) >= 11 is 0. The number of carbonyl (C=O) groups is 1. The fraction of sp³-hybridized carbons (Fsp3) is 0.111. The maximum Gasteiger partial charge on any atom is 0.261 e. The second-order valence-corrected chi connectivity index (χ2v) is 5.78. The molecule has 4 rings (SSSR count). The number of carbonyl (C=O) groups excluding carboxylic acids is 1. The van der Waals surface area contributed by atoms with E-state index in [9.17, 15) is 4.79 Å². The van der Waals surface area contributed by atoms with Crippen molar-refractivity contribution in [3.8, 4) is 17.3 Å². The molecule has 4 aromatic rings. The van der Waals surface area contributed by atoms with Gasteiger partial charge in [-0.1, -0.05) is 11.2 Å². The maximum absolute atomic E-state index is 12.8. The predicted molar refractivity (Wildman–Crippen MR) is 95.0 cm³/mol. The van der Waals surface area contributed by atoms with Crippen molar-refractivity contribution < 1.29 is 9.32 Å². The Morgan fingerprint density at radius 1 is 1.19 bits per heavy atom. The van der Waals surface area contributed by atoms with Gasteiger partial charge in [-0.15, -0.1) is 0 Å².